The van der Waals surface area contributed by atoms with Crippen molar-refractivity contribution in [2.24, 2.45) is 5.92 Å². The minimum atomic E-state index is -3.04. The normalized spacial score (nSPS) is 17.3. The van der Waals surface area contributed by atoms with E-state index >= 15 is 0 Å². The molecule has 3 nitrogen and oxygen atoms in total. The fourth-order valence-electron chi connectivity index (χ4n) is 0.616. The average Bonchev–Trinajstić information content (AvgIpc) is 2.02. The van der Waals surface area contributed by atoms with Gasteiger partial charge in [-0.2, -0.15) is 0 Å². The first-order valence-corrected chi connectivity index (χ1v) is 6.76. The number of rotatable bonds is 5. The lowest BCUT2D eigenvalue weighted by Gasteiger charge is -2.18. The van der Waals surface area contributed by atoms with Crippen LogP contribution in [0.3, 0.4) is 0 Å². The van der Waals surface area contributed by atoms with Gasteiger partial charge in [0.05, 0.1) is 5.75 Å². The molecule has 2 unspecified atom stereocenters. The number of halogens is 1. The largest absolute Gasteiger partial charge is 0.212 e. The zero-order chi connectivity index (χ0) is 9.78. The maximum absolute atomic E-state index is 11.1. The van der Waals surface area contributed by atoms with Crippen LogP contribution in [0.25, 0.3) is 0 Å². The van der Waals surface area contributed by atoms with Crippen molar-refractivity contribution >= 4 is 26.0 Å². The van der Waals surface area contributed by atoms with E-state index in [1.807, 2.05) is 13.8 Å². The van der Waals surface area contributed by atoms with Crippen LogP contribution in [0, 0.1) is 5.92 Å². The average molecular weight is 258 g/mol. The Morgan fingerprint density at radius 1 is 1.42 bits per heavy atom. The molecule has 74 valence electrons. The quantitative estimate of drug-likeness (QED) is 0.756. The van der Waals surface area contributed by atoms with E-state index in [4.69, 9.17) is 0 Å². The van der Waals surface area contributed by atoms with Crippen LogP contribution < -0.4 is 4.72 Å². The van der Waals surface area contributed by atoms with E-state index in [1.165, 1.54) is 0 Å². The van der Waals surface area contributed by atoms with E-state index in [1.54, 1.807) is 6.92 Å². The van der Waals surface area contributed by atoms with Gasteiger partial charge in [0.25, 0.3) is 0 Å². The third kappa shape index (κ3) is 4.42. The van der Waals surface area contributed by atoms with E-state index in [-0.39, 0.29) is 11.8 Å². The summed E-state index contributed by atoms with van der Waals surface area (Å²) < 4.78 is 24.8. The van der Waals surface area contributed by atoms with Crippen LogP contribution in [0.5, 0.6) is 0 Å². The van der Waals surface area contributed by atoms with Crippen molar-refractivity contribution in [2.75, 3.05) is 11.1 Å². The Balaban J connectivity index is 4.09. The molecule has 0 bridgehead atoms. The molecule has 0 aliphatic heterocycles. The van der Waals surface area contributed by atoms with Gasteiger partial charge in [-0.05, 0) is 19.8 Å². The highest BCUT2D eigenvalue weighted by atomic mass is 79.9. The molecule has 2 atom stereocenters. The fourth-order valence-corrected chi connectivity index (χ4v) is 2.14. The first kappa shape index (κ1) is 12.4. The molecule has 5 heteroatoms. The summed E-state index contributed by atoms with van der Waals surface area (Å²) in [6, 6.07) is -0.00525. The van der Waals surface area contributed by atoms with Gasteiger partial charge in [0.2, 0.25) is 10.0 Å². The molecular formula is C7H16BrNO2S. The van der Waals surface area contributed by atoms with E-state index in [2.05, 4.69) is 20.7 Å². The lowest BCUT2D eigenvalue weighted by Crippen LogP contribution is -2.38. The topological polar surface area (TPSA) is 46.2 Å². The molecule has 0 aliphatic carbocycles. The molecule has 0 spiro atoms. The highest BCUT2D eigenvalue weighted by molar-refractivity contribution is 9.09. The maximum atomic E-state index is 11.1. The first-order chi connectivity index (χ1) is 5.43. The minimum absolute atomic E-state index is 0.00525. The Hall–Kier alpha value is 0.390. The molecule has 0 aromatic heterocycles. The standard InChI is InChI=1S/C7H16BrNO2S/c1-4-12(10,11)9-7(3)6(2)5-8/h6-7,9H,4-5H2,1-3H3. The van der Waals surface area contributed by atoms with Crippen molar-refractivity contribution in [1.82, 2.24) is 4.72 Å². The molecule has 0 fully saturated rings. The van der Waals surface area contributed by atoms with E-state index in [9.17, 15) is 8.42 Å². The van der Waals surface area contributed by atoms with Crippen molar-refractivity contribution < 1.29 is 8.42 Å². The summed E-state index contributed by atoms with van der Waals surface area (Å²) in [6.45, 7) is 5.50. The van der Waals surface area contributed by atoms with Crippen molar-refractivity contribution in [2.45, 2.75) is 26.8 Å². The van der Waals surface area contributed by atoms with Crippen LogP contribution >= 0.6 is 15.9 Å². The zero-order valence-electron chi connectivity index (χ0n) is 7.67. The second-order valence-corrected chi connectivity index (χ2v) is 5.63. The van der Waals surface area contributed by atoms with Gasteiger partial charge in [0, 0.05) is 11.4 Å². The molecule has 0 aromatic carbocycles. The summed E-state index contributed by atoms with van der Waals surface area (Å²) >= 11 is 3.31. The van der Waals surface area contributed by atoms with E-state index in [0.29, 0.717) is 5.92 Å². The third-order valence-electron chi connectivity index (χ3n) is 1.84. The van der Waals surface area contributed by atoms with Gasteiger partial charge in [-0.15, -0.1) is 0 Å². The fraction of sp³-hybridized carbons (Fsp3) is 1.00. The van der Waals surface area contributed by atoms with Crippen molar-refractivity contribution in [3.8, 4) is 0 Å². The van der Waals surface area contributed by atoms with Crippen molar-refractivity contribution in [3.05, 3.63) is 0 Å². The van der Waals surface area contributed by atoms with Gasteiger partial charge in [-0.25, -0.2) is 13.1 Å². The number of hydrogen-bond donors (Lipinski definition) is 1. The molecule has 0 radical (unpaired) electrons. The van der Waals surface area contributed by atoms with Crippen LogP contribution in [0.15, 0.2) is 0 Å². The summed E-state index contributed by atoms with van der Waals surface area (Å²) in [5.41, 5.74) is 0. The molecule has 12 heavy (non-hydrogen) atoms. The van der Waals surface area contributed by atoms with Gasteiger partial charge >= 0.3 is 0 Å². The smallest absolute Gasteiger partial charge is 0.211 e. The van der Waals surface area contributed by atoms with Gasteiger partial charge < -0.3 is 0 Å². The SMILES string of the molecule is CCS(=O)(=O)NC(C)C(C)CBr. The molecule has 1 N–H and O–H groups in total. The molecule has 0 aliphatic rings. The Labute approximate surface area is 83.1 Å². The van der Waals surface area contributed by atoms with Gasteiger partial charge in [0.1, 0.15) is 0 Å². The Morgan fingerprint density at radius 3 is 2.25 bits per heavy atom. The van der Waals surface area contributed by atoms with Gasteiger partial charge in [-0.1, -0.05) is 22.9 Å². The van der Waals surface area contributed by atoms with Crippen LogP contribution in [0.4, 0.5) is 0 Å². The van der Waals surface area contributed by atoms with Gasteiger partial charge in [-0.3, -0.25) is 0 Å². The highest BCUT2D eigenvalue weighted by Crippen LogP contribution is 2.06. The monoisotopic (exact) mass is 257 g/mol. The summed E-state index contributed by atoms with van der Waals surface area (Å²) in [5, 5.41) is 0.806. The molecule has 0 saturated heterocycles. The summed E-state index contributed by atoms with van der Waals surface area (Å²) in [6.07, 6.45) is 0. The first-order valence-electron chi connectivity index (χ1n) is 3.99. The zero-order valence-corrected chi connectivity index (χ0v) is 10.1. The number of hydrogen-bond acceptors (Lipinski definition) is 2. The van der Waals surface area contributed by atoms with Crippen molar-refractivity contribution in [1.29, 1.82) is 0 Å². The summed E-state index contributed by atoms with van der Waals surface area (Å²) in [5.74, 6) is 0.457. The molecule has 0 saturated carbocycles. The predicted octanol–water partition coefficient (Wildman–Crippen LogP) is 1.35. The Kier molecular flexibility index (Phi) is 5.36. The minimum Gasteiger partial charge on any atom is -0.212 e. The Morgan fingerprint density at radius 2 is 1.92 bits per heavy atom. The summed E-state index contributed by atoms with van der Waals surface area (Å²) in [7, 11) is -3.04. The third-order valence-corrected chi connectivity index (χ3v) is 4.35. The molecule has 0 amide bonds. The molecule has 0 aromatic rings. The lowest BCUT2D eigenvalue weighted by molar-refractivity contribution is 0.485. The number of sulfonamides is 1. The maximum Gasteiger partial charge on any atom is 0.211 e. The summed E-state index contributed by atoms with van der Waals surface area (Å²) in [4.78, 5) is 0. The van der Waals surface area contributed by atoms with Crippen LogP contribution in [0.2, 0.25) is 0 Å². The van der Waals surface area contributed by atoms with Crippen LogP contribution in [0.1, 0.15) is 20.8 Å². The lowest BCUT2D eigenvalue weighted by atomic mass is 10.1. The highest BCUT2D eigenvalue weighted by Gasteiger charge is 2.16. The molecule has 0 heterocycles. The molecular weight excluding hydrogens is 242 g/mol. The number of nitrogens with one attached hydrogen (secondary N) is 1. The number of alkyl halides is 1. The second-order valence-electron chi connectivity index (χ2n) is 2.94. The van der Waals surface area contributed by atoms with E-state index in [0.717, 1.165) is 5.33 Å². The van der Waals surface area contributed by atoms with Crippen LogP contribution in [-0.4, -0.2) is 25.5 Å². The van der Waals surface area contributed by atoms with Crippen LogP contribution in [-0.2, 0) is 10.0 Å². The van der Waals surface area contributed by atoms with Gasteiger partial charge in [0.15, 0.2) is 0 Å². The van der Waals surface area contributed by atoms with Crippen molar-refractivity contribution in [3.63, 3.8) is 0 Å². The Bertz CT molecular complexity index is 215. The predicted molar refractivity (Wildman–Crippen MR) is 55.0 cm³/mol. The van der Waals surface area contributed by atoms with E-state index < -0.39 is 10.0 Å². The second kappa shape index (κ2) is 5.19. The molecule has 0 rings (SSSR count).